The Hall–Kier alpha value is -1.81. The molecule has 1 aromatic heterocycles. The molecule has 1 aromatic carbocycles. The molecule has 0 saturated heterocycles. The van der Waals surface area contributed by atoms with Crippen molar-refractivity contribution in [2.75, 3.05) is 5.73 Å². The molecule has 0 spiro atoms. The molecule has 100 valence electrons. The van der Waals surface area contributed by atoms with Crippen molar-refractivity contribution in [3.63, 3.8) is 0 Å². The topological polar surface area (TPSA) is 71.8 Å². The molecule has 0 amide bonds. The maximum atomic E-state index is 11.9. The molecule has 0 fully saturated rings. The fourth-order valence-electron chi connectivity index (χ4n) is 1.93. The number of nitrogens with two attached hydrogens (primary N) is 1. The van der Waals surface area contributed by atoms with Crippen molar-refractivity contribution in [1.29, 1.82) is 0 Å². The van der Waals surface area contributed by atoms with Crippen LogP contribution in [0.4, 0.5) is 5.82 Å². The second kappa shape index (κ2) is 5.89. The summed E-state index contributed by atoms with van der Waals surface area (Å²) in [5, 5.41) is 0.683. The average molecular weight is 278 g/mol. The molecule has 2 aromatic rings. The van der Waals surface area contributed by atoms with E-state index in [1.165, 1.54) is 0 Å². The van der Waals surface area contributed by atoms with Crippen LogP contribution in [0.5, 0.6) is 0 Å². The fraction of sp³-hybridized carbons (Fsp3) is 0.286. The van der Waals surface area contributed by atoms with Gasteiger partial charge in [0.25, 0.3) is 5.56 Å². The highest BCUT2D eigenvalue weighted by molar-refractivity contribution is 6.30. The highest BCUT2D eigenvalue weighted by Crippen LogP contribution is 2.13. The first-order valence-electron chi connectivity index (χ1n) is 6.22. The van der Waals surface area contributed by atoms with Crippen LogP contribution in [-0.4, -0.2) is 9.97 Å². The van der Waals surface area contributed by atoms with E-state index in [4.69, 9.17) is 17.3 Å². The molecule has 0 bridgehead atoms. The van der Waals surface area contributed by atoms with Gasteiger partial charge in [-0.05, 0) is 24.1 Å². The summed E-state index contributed by atoms with van der Waals surface area (Å²) >= 11 is 5.83. The Morgan fingerprint density at radius 3 is 2.58 bits per heavy atom. The summed E-state index contributed by atoms with van der Waals surface area (Å²) < 4.78 is 0. The molecule has 0 aliphatic rings. The smallest absolute Gasteiger partial charge is 0.256 e. The molecular weight excluding hydrogens is 262 g/mol. The Labute approximate surface area is 116 Å². The van der Waals surface area contributed by atoms with E-state index >= 15 is 0 Å². The largest absolute Gasteiger partial charge is 0.383 e. The first kappa shape index (κ1) is 13.6. The predicted octanol–water partition coefficient (Wildman–Crippen LogP) is 2.55. The van der Waals surface area contributed by atoms with Gasteiger partial charge in [-0.2, -0.15) is 0 Å². The molecule has 4 nitrogen and oxygen atoms in total. The normalized spacial score (nSPS) is 10.6. The van der Waals surface area contributed by atoms with Crippen molar-refractivity contribution in [2.24, 2.45) is 0 Å². The van der Waals surface area contributed by atoms with E-state index in [0.29, 0.717) is 35.1 Å². The third-order valence-corrected chi connectivity index (χ3v) is 3.13. The van der Waals surface area contributed by atoms with E-state index in [0.717, 1.165) is 12.0 Å². The molecule has 0 radical (unpaired) electrons. The van der Waals surface area contributed by atoms with Crippen LogP contribution in [0.1, 0.15) is 30.3 Å². The molecule has 5 heteroatoms. The molecular formula is C14H16ClN3O. The van der Waals surface area contributed by atoms with Crippen molar-refractivity contribution < 1.29 is 0 Å². The van der Waals surface area contributed by atoms with Gasteiger partial charge in [-0.1, -0.05) is 37.1 Å². The van der Waals surface area contributed by atoms with Gasteiger partial charge in [0, 0.05) is 11.4 Å². The van der Waals surface area contributed by atoms with E-state index in [1.54, 1.807) is 0 Å². The Balaban J connectivity index is 2.27. The van der Waals surface area contributed by atoms with Gasteiger partial charge in [-0.15, -0.1) is 0 Å². The van der Waals surface area contributed by atoms with Crippen molar-refractivity contribution in [3.05, 3.63) is 56.6 Å². The minimum atomic E-state index is -0.140. The molecule has 0 aliphatic heterocycles. The maximum Gasteiger partial charge on any atom is 0.256 e. The van der Waals surface area contributed by atoms with Crippen LogP contribution in [0.25, 0.3) is 0 Å². The number of rotatable bonds is 4. The van der Waals surface area contributed by atoms with Crippen molar-refractivity contribution in [3.8, 4) is 0 Å². The highest BCUT2D eigenvalue weighted by Gasteiger charge is 2.08. The molecule has 0 unspecified atom stereocenters. The minimum absolute atomic E-state index is 0.140. The summed E-state index contributed by atoms with van der Waals surface area (Å²) in [5.74, 6) is 0.902. The van der Waals surface area contributed by atoms with E-state index < -0.39 is 0 Å². The third-order valence-electron chi connectivity index (χ3n) is 2.88. The molecule has 2 rings (SSSR count). The molecule has 0 aliphatic carbocycles. The number of nitrogens with zero attached hydrogens (tertiary/aromatic N) is 1. The molecule has 0 atom stereocenters. The Morgan fingerprint density at radius 2 is 2.00 bits per heavy atom. The maximum absolute atomic E-state index is 11.9. The van der Waals surface area contributed by atoms with Gasteiger partial charge >= 0.3 is 0 Å². The van der Waals surface area contributed by atoms with Gasteiger partial charge < -0.3 is 10.7 Å². The van der Waals surface area contributed by atoms with Gasteiger partial charge in [-0.25, -0.2) is 4.98 Å². The summed E-state index contributed by atoms with van der Waals surface area (Å²) in [6, 6.07) is 7.42. The van der Waals surface area contributed by atoms with Gasteiger partial charge in [0.1, 0.15) is 11.6 Å². The van der Waals surface area contributed by atoms with Crippen LogP contribution in [0.2, 0.25) is 5.02 Å². The van der Waals surface area contributed by atoms with Crippen LogP contribution >= 0.6 is 11.6 Å². The average Bonchev–Trinajstić information content (AvgIpc) is 2.37. The van der Waals surface area contributed by atoms with Crippen LogP contribution < -0.4 is 11.3 Å². The van der Waals surface area contributed by atoms with E-state index in [1.807, 2.05) is 31.2 Å². The number of hydrogen-bond acceptors (Lipinski definition) is 3. The highest BCUT2D eigenvalue weighted by atomic mass is 35.5. The first-order chi connectivity index (χ1) is 9.10. The van der Waals surface area contributed by atoms with Gasteiger partial charge in [0.05, 0.1) is 5.56 Å². The van der Waals surface area contributed by atoms with Crippen LogP contribution in [-0.2, 0) is 12.8 Å². The zero-order valence-electron chi connectivity index (χ0n) is 10.7. The Bertz CT molecular complexity index is 620. The zero-order valence-corrected chi connectivity index (χ0v) is 11.5. The Kier molecular flexibility index (Phi) is 4.22. The first-order valence-corrected chi connectivity index (χ1v) is 6.60. The lowest BCUT2D eigenvalue weighted by atomic mass is 10.1. The number of hydrogen-bond donors (Lipinski definition) is 2. The number of halogens is 1. The van der Waals surface area contributed by atoms with Gasteiger partial charge in [0.2, 0.25) is 0 Å². The lowest BCUT2D eigenvalue weighted by Crippen LogP contribution is -2.19. The number of H-pyrrole nitrogens is 1. The predicted molar refractivity (Wildman–Crippen MR) is 77.5 cm³/mol. The van der Waals surface area contributed by atoms with Crippen LogP contribution in [0.15, 0.2) is 29.1 Å². The lowest BCUT2D eigenvalue weighted by Gasteiger charge is -2.06. The van der Waals surface area contributed by atoms with Gasteiger partial charge in [-0.3, -0.25) is 4.79 Å². The van der Waals surface area contributed by atoms with Gasteiger partial charge in [0.15, 0.2) is 0 Å². The SMILES string of the molecule is CCCc1c(N)nc(Cc2ccc(Cl)cc2)[nH]c1=O. The fourth-order valence-corrected chi connectivity index (χ4v) is 2.06. The molecule has 19 heavy (non-hydrogen) atoms. The van der Waals surface area contributed by atoms with Crippen molar-refractivity contribution >= 4 is 17.4 Å². The third kappa shape index (κ3) is 3.35. The van der Waals surface area contributed by atoms with E-state index in [2.05, 4.69) is 9.97 Å². The summed E-state index contributed by atoms with van der Waals surface area (Å²) in [4.78, 5) is 18.9. The summed E-state index contributed by atoms with van der Waals surface area (Å²) in [6.45, 7) is 2.00. The van der Waals surface area contributed by atoms with E-state index in [9.17, 15) is 4.79 Å². The standard InChI is InChI=1S/C14H16ClN3O/c1-2-3-11-13(16)17-12(18-14(11)19)8-9-4-6-10(15)7-5-9/h4-7H,2-3,8H2,1H3,(H3,16,17,18,19). The number of aromatic nitrogens is 2. The van der Waals surface area contributed by atoms with Crippen LogP contribution in [0.3, 0.4) is 0 Å². The number of anilines is 1. The quantitative estimate of drug-likeness (QED) is 0.902. The summed E-state index contributed by atoms with van der Waals surface area (Å²) in [5.41, 5.74) is 7.29. The monoisotopic (exact) mass is 277 g/mol. The summed E-state index contributed by atoms with van der Waals surface area (Å²) in [6.07, 6.45) is 2.05. The molecule has 3 N–H and O–H groups in total. The lowest BCUT2D eigenvalue weighted by molar-refractivity contribution is 0.862. The Morgan fingerprint density at radius 1 is 1.32 bits per heavy atom. The minimum Gasteiger partial charge on any atom is -0.383 e. The number of aromatic amines is 1. The summed E-state index contributed by atoms with van der Waals surface area (Å²) in [7, 11) is 0. The van der Waals surface area contributed by atoms with E-state index in [-0.39, 0.29) is 5.56 Å². The molecule has 1 heterocycles. The second-order valence-corrected chi connectivity index (χ2v) is 4.87. The second-order valence-electron chi connectivity index (χ2n) is 4.43. The molecule has 0 saturated carbocycles. The zero-order chi connectivity index (χ0) is 13.8. The number of nitrogens with one attached hydrogen (secondary N) is 1. The van der Waals surface area contributed by atoms with Crippen molar-refractivity contribution in [1.82, 2.24) is 9.97 Å². The number of nitrogen functional groups attached to an aromatic ring is 1. The van der Waals surface area contributed by atoms with Crippen molar-refractivity contribution in [2.45, 2.75) is 26.2 Å². The number of benzene rings is 1. The van der Waals surface area contributed by atoms with Crippen LogP contribution in [0, 0.1) is 0 Å².